The maximum absolute atomic E-state index is 12.2. The van der Waals surface area contributed by atoms with Gasteiger partial charge in [-0.15, -0.1) is 0 Å². The van der Waals surface area contributed by atoms with Gasteiger partial charge in [0.25, 0.3) is 9.05 Å². The number of rotatable bonds is 4. The standard InChI is InChI=1S/C4H7ClF2O2S/c5-10(8,9)4(7)2-1-3-6/h4H,1-3H2. The monoisotopic (exact) mass is 192 g/mol. The minimum atomic E-state index is -4.14. The first-order valence-corrected chi connectivity index (χ1v) is 4.99. The second kappa shape index (κ2) is 4.08. The third-order valence-corrected chi connectivity index (χ3v) is 2.30. The molecule has 0 rings (SSSR count). The third kappa shape index (κ3) is 4.00. The van der Waals surface area contributed by atoms with Crippen molar-refractivity contribution in [1.29, 1.82) is 0 Å². The summed E-state index contributed by atoms with van der Waals surface area (Å²) in [4.78, 5) is 0. The molecular formula is C4H7ClF2O2S. The van der Waals surface area contributed by atoms with Gasteiger partial charge in [-0.1, -0.05) is 0 Å². The Kier molecular flexibility index (Phi) is 4.12. The predicted molar refractivity (Wildman–Crippen MR) is 34.9 cm³/mol. The molecule has 0 aliphatic carbocycles. The van der Waals surface area contributed by atoms with Crippen LogP contribution < -0.4 is 0 Å². The van der Waals surface area contributed by atoms with Crippen molar-refractivity contribution < 1.29 is 17.2 Å². The normalized spacial score (nSPS) is 15.1. The van der Waals surface area contributed by atoms with E-state index in [-0.39, 0.29) is 12.8 Å². The molecule has 10 heavy (non-hydrogen) atoms. The zero-order valence-electron chi connectivity index (χ0n) is 5.06. The lowest BCUT2D eigenvalue weighted by atomic mass is 10.4. The lowest BCUT2D eigenvalue weighted by Crippen LogP contribution is -2.09. The number of hydrogen-bond acceptors (Lipinski definition) is 2. The van der Waals surface area contributed by atoms with E-state index < -0.39 is 21.2 Å². The molecule has 0 saturated heterocycles. The summed E-state index contributed by atoms with van der Waals surface area (Å²) >= 11 is 0. The minimum absolute atomic E-state index is 0.118. The largest absolute Gasteiger partial charge is 0.264 e. The molecule has 0 aromatic carbocycles. The number of hydrogen-bond donors (Lipinski definition) is 0. The van der Waals surface area contributed by atoms with Gasteiger partial charge in [-0.3, -0.25) is 4.39 Å². The summed E-state index contributed by atoms with van der Waals surface area (Å²) in [5.74, 6) is 0. The number of alkyl halides is 2. The van der Waals surface area contributed by atoms with Crippen LogP contribution in [0.25, 0.3) is 0 Å². The SMILES string of the molecule is O=S(=O)(Cl)C(F)CCCF. The van der Waals surface area contributed by atoms with E-state index >= 15 is 0 Å². The summed E-state index contributed by atoms with van der Waals surface area (Å²) in [5, 5.41) is 0. The molecule has 0 aliphatic heterocycles. The quantitative estimate of drug-likeness (QED) is 0.634. The van der Waals surface area contributed by atoms with Gasteiger partial charge in [0, 0.05) is 10.7 Å². The van der Waals surface area contributed by atoms with Crippen molar-refractivity contribution >= 4 is 19.7 Å². The van der Waals surface area contributed by atoms with E-state index in [9.17, 15) is 17.2 Å². The molecule has 62 valence electrons. The Hall–Kier alpha value is 0.1000. The highest BCUT2D eigenvalue weighted by Crippen LogP contribution is 2.14. The second-order valence-corrected chi connectivity index (χ2v) is 4.47. The molecule has 0 heterocycles. The lowest BCUT2D eigenvalue weighted by Gasteiger charge is -1.99. The molecule has 6 heteroatoms. The maximum Gasteiger partial charge on any atom is 0.264 e. The highest BCUT2D eigenvalue weighted by molar-refractivity contribution is 8.14. The van der Waals surface area contributed by atoms with Gasteiger partial charge in [0.1, 0.15) is 0 Å². The van der Waals surface area contributed by atoms with Gasteiger partial charge in [0.05, 0.1) is 6.67 Å². The van der Waals surface area contributed by atoms with Crippen molar-refractivity contribution in [3.8, 4) is 0 Å². The van der Waals surface area contributed by atoms with Crippen LogP contribution in [0.15, 0.2) is 0 Å². The van der Waals surface area contributed by atoms with E-state index in [1.165, 1.54) is 0 Å². The molecule has 2 nitrogen and oxygen atoms in total. The van der Waals surface area contributed by atoms with Crippen molar-refractivity contribution in [3.05, 3.63) is 0 Å². The fourth-order valence-corrected chi connectivity index (χ4v) is 1.09. The van der Waals surface area contributed by atoms with Crippen molar-refractivity contribution in [2.45, 2.75) is 18.3 Å². The Morgan fingerprint density at radius 1 is 1.50 bits per heavy atom. The summed E-state index contributed by atoms with van der Waals surface area (Å²) in [5.41, 5.74) is -2.13. The molecule has 0 N–H and O–H groups in total. The van der Waals surface area contributed by atoms with Crippen molar-refractivity contribution in [2.75, 3.05) is 6.67 Å². The Morgan fingerprint density at radius 3 is 2.30 bits per heavy atom. The number of halogens is 3. The van der Waals surface area contributed by atoms with Gasteiger partial charge in [-0.2, -0.15) is 0 Å². The van der Waals surface area contributed by atoms with Gasteiger partial charge < -0.3 is 0 Å². The van der Waals surface area contributed by atoms with Crippen molar-refractivity contribution in [1.82, 2.24) is 0 Å². The first-order chi connectivity index (χ1) is 4.48. The lowest BCUT2D eigenvalue weighted by molar-refractivity contribution is 0.369. The van der Waals surface area contributed by atoms with Gasteiger partial charge in [0.15, 0.2) is 0 Å². The summed E-state index contributed by atoms with van der Waals surface area (Å²) < 4.78 is 43.8. The first-order valence-electron chi connectivity index (χ1n) is 2.62. The smallest absolute Gasteiger partial charge is 0.251 e. The fraction of sp³-hybridized carbons (Fsp3) is 1.00. The molecule has 0 fully saturated rings. The summed E-state index contributed by atoms with van der Waals surface area (Å²) in [6.07, 6.45) is -0.491. The molecule has 0 bridgehead atoms. The first kappa shape index (κ1) is 10.1. The molecular weight excluding hydrogens is 186 g/mol. The van der Waals surface area contributed by atoms with E-state index in [0.717, 1.165) is 0 Å². The average Bonchev–Trinajstić information content (AvgIpc) is 1.80. The van der Waals surface area contributed by atoms with Crippen LogP contribution in [-0.2, 0) is 9.05 Å². The van der Waals surface area contributed by atoms with Crippen molar-refractivity contribution in [3.63, 3.8) is 0 Å². The molecule has 0 amide bonds. The molecule has 0 radical (unpaired) electrons. The van der Waals surface area contributed by atoms with E-state index in [2.05, 4.69) is 10.7 Å². The Labute approximate surface area is 62.6 Å². The topological polar surface area (TPSA) is 34.1 Å². The van der Waals surface area contributed by atoms with Crippen molar-refractivity contribution in [2.24, 2.45) is 0 Å². The minimum Gasteiger partial charge on any atom is -0.251 e. The highest BCUT2D eigenvalue weighted by atomic mass is 35.7. The van der Waals surface area contributed by atoms with E-state index in [0.29, 0.717) is 0 Å². The van der Waals surface area contributed by atoms with Gasteiger partial charge in [0.2, 0.25) is 5.50 Å². The molecule has 0 aromatic heterocycles. The summed E-state index contributed by atoms with van der Waals surface area (Å²) in [7, 11) is 0.458. The van der Waals surface area contributed by atoms with Gasteiger partial charge >= 0.3 is 0 Å². The van der Waals surface area contributed by atoms with Crippen LogP contribution in [0.4, 0.5) is 8.78 Å². The Morgan fingerprint density at radius 2 is 2.00 bits per heavy atom. The van der Waals surface area contributed by atoms with Crippen LogP contribution in [0, 0.1) is 0 Å². The third-order valence-electron chi connectivity index (χ3n) is 0.870. The highest BCUT2D eigenvalue weighted by Gasteiger charge is 2.20. The zero-order valence-corrected chi connectivity index (χ0v) is 6.63. The molecule has 0 aromatic rings. The second-order valence-electron chi connectivity index (χ2n) is 1.72. The summed E-state index contributed by atoms with van der Waals surface area (Å²) in [6, 6.07) is 0. The van der Waals surface area contributed by atoms with Gasteiger partial charge in [-0.25, -0.2) is 12.8 Å². The molecule has 1 atom stereocenters. The van der Waals surface area contributed by atoms with Crippen LogP contribution >= 0.6 is 10.7 Å². The maximum atomic E-state index is 12.2. The van der Waals surface area contributed by atoms with Crippen LogP contribution in [-0.4, -0.2) is 20.6 Å². The Balaban J connectivity index is 3.75. The average molecular weight is 193 g/mol. The predicted octanol–water partition coefficient (Wildman–Crippen LogP) is 1.60. The molecule has 0 saturated carbocycles. The fourth-order valence-electron chi connectivity index (χ4n) is 0.378. The Bertz CT molecular complexity index is 180. The van der Waals surface area contributed by atoms with Crippen LogP contribution in [0.2, 0.25) is 0 Å². The van der Waals surface area contributed by atoms with E-state index in [4.69, 9.17) is 0 Å². The van der Waals surface area contributed by atoms with E-state index in [1.54, 1.807) is 0 Å². The van der Waals surface area contributed by atoms with Gasteiger partial charge in [-0.05, 0) is 12.8 Å². The summed E-state index contributed by atoms with van der Waals surface area (Å²) in [6.45, 7) is -0.729. The zero-order chi connectivity index (χ0) is 8.20. The molecule has 0 aliphatic rings. The van der Waals surface area contributed by atoms with Crippen LogP contribution in [0.1, 0.15) is 12.8 Å². The van der Waals surface area contributed by atoms with E-state index in [1.807, 2.05) is 0 Å². The molecule has 1 unspecified atom stereocenters. The molecule has 0 spiro atoms. The van der Waals surface area contributed by atoms with Crippen LogP contribution in [0.5, 0.6) is 0 Å². The van der Waals surface area contributed by atoms with Crippen LogP contribution in [0.3, 0.4) is 0 Å².